The van der Waals surface area contributed by atoms with Crippen LogP contribution in [-0.2, 0) is 4.79 Å². The van der Waals surface area contributed by atoms with Gasteiger partial charge in [-0.1, -0.05) is 12.1 Å². The van der Waals surface area contributed by atoms with Crippen molar-refractivity contribution in [3.63, 3.8) is 0 Å². The summed E-state index contributed by atoms with van der Waals surface area (Å²) in [6, 6.07) is 5.88. The molecule has 5 heteroatoms. The van der Waals surface area contributed by atoms with Crippen molar-refractivity contribution in [3.05, 3.63) is 29.8 Å². The number of hydrogen-bond acceptors (Lipinski definition) is 3. The van der Waals surface area contributed by atoms with Crippen LogP contribution in [0, 0.1) is 0 Å². The van der Waals surface area contributed by atoms with Gasteiger partial charge in [-0.05, 0) is 17.7 Å². The Balaban J connectivity index is 0.00000196. The molecule has 1 atom stereocenters. The highest BCUT2D eigenvalue weighted by molar-refractivity contribution is 5.85. The van der Waals surface area contributed by atoms with Crippen molar-refractivity contribution in [2.24, 2.45) is 5.73 Å². The fourth-order valence-corrected chi connectivity index (χ4v) is 1.06. The Bertz CT molecular complexity index is 333. The lowest BCUT2D eigenvalue weighted by molar-refractivity contribution is -0.131. The van der Waals surface area contributed by atoms with Gasteiger partial charge in [0.1, 0.15) is 12.4 Å². The minimum absolute atomic E-state index is 0. The zero-order chi connectivity index (χ0) is 10.6. The molecule has 0 saturated heterocycles. The van der Waals surface area contributed by atoms with Gasteiger partial charge in [0, 0.05) is 6.92 Å². The first kappa shape index (κ1) is 13.9. The molecule has 15 heavy (non-hydrogen) atoms. The third-order valence-corrected chi connectivity index (χ3v) is 1.71. The Morgan fingerprint density at radius 3 is 2.80 bits per heavy atom. The third-order valence-electron chi connectivity index (χ3n) is 1.71. The molecule has 0 heterocycles. The highest BCUT2D eigenvalue weighted by Crippen LogP contribution is 2.18. The third kappa shape index (κ3) is 4.27. The number of rotatable bonds is 3. The van der Waals surface area contributed by atoms with Crippen molar-refractivity contribution in [1.82, 2.24) is 0 Å². The highest BCUT2D eigenvalue weighted by atomic mass is 35.5. The molecule has 0 radical (unpaired) electrons. The van der Waals surface area contributed by atoms with Gasteiger partial charge in [-0.15, -0.1) is 12.4 Å². The van der Waals surface area contributed by atoms with Crippen molar-refractivity contribution in [2.75, 3.05) is 6.67 Å². The van der Waals surface area contributed by atoms with Gasteiger partial charge in [0.05, 0.1) is 6.04 Å². The van der Waals surface area contributed by atoms with Crippen LogP contribution in [0.4, 0.5) is 4.39 Å². The molecule has 0 spiro atoms. The van der Waals surface area contributed by atoms with Gasteiger partial charge in [-0.2, -0.15) is 0 Å². The van der Waals surface area contributed by atoms with E-state index in [1.165, 1.54) is 6.92 Å². The van der Waals surface area contributed by atoms with E-state index in [2.05, 4.69) is 0 Å². The number of nitrogens with two attached hydrogens (primary N) is 1. The maximum absolute atomic E-state index is 12.2. The predicted molar refractivity (Wildman–Crippen MR) is 57.9 cm³/mol. The number of benzene rings is 1. The summed E-state index contributed by atoms with van der Waals surface area (Å²) >= 11 is 0. The van der Waals surface area contributed by atoms with Gasteiger partial charge >= 0.3 is 5.97 Å². The quantitative estimate of drug-likeness (QED) is 0.642. The second-order valence-electron chi connectivity index (χ2n) is 2.93. The van der Waals surface area contributed by atoms with Crippen molar-refractivity contribution in [1.29, 1.82) is 0 Å². The predicted octanol–water partition coefficient (Wildman–Crippen LogP) is 2.00. The van der Waals surface area contributed by atoms with E-state index in [1.807, 2.05) is 0 Å². The molecule has 1 rings (SSSR count). The molecular formula is C10H13ClFNO2. The van der Waals surface area contributed by atoms with Crippen LogP contribution in [0.5, 0.6) is 5.75 Å². The molecule has 0 aliphatic rings. The smallest absolute Gasteiger partial charge is 0.308 e. The Hall–Kier alpha value is -1.13. The number of carbonyl (C=O) groups is 1. The van der Waals surface area contributed by atoms with Gasteiger partial charge in [-0.25, -0.2) is 4.39 Å². The number of hydrogen-bond donors (Lipinski definition) is 1. The number of esters is 1. The molecule has 0 amide bonds. The average molecular weight is 234 g/mol. The Labute approximate surface area is 93.8 Å². The van der Waals surface area contributed by atoms with Crippen molar-refractivity contribution < 1.29 is 13.9 Å². The summed E-state index contributed by atoms with van der Waals surface area (Å²) in [7, 11) is 0. The summed E-state index contributed by atoms with van der Waals surface area (Å²) in [5.41, 5.74) is 6.10. The highest BCUT2D eigenvalue weighted by Gasteiger charge is 2.06. The lowest BCUT2D eigenvalue weighted by Crippen LogP contribution is -2.12. The summed E-state index contributed by atoms with van der Waals surface area (Å²) in [5, 5.41) is 0. The molecule has 0 aromatic heterocycles. The Morgan fingerprint density at radius 1 is 1.60 bits per heavy atom. The summed E-state index contributed by atoms with van der Waals surface area (Å²) in [6.07, 6.45) is 0. The molecule has 0 aliphatic heterocycles. The van der Waals surface area contributed by atoms with Gasteiger partial charge in [0.2, 0.25) is 0 Å². The fourth-order valence-electron chi connectivity index (χ4n) is 1.06. The maximum atomic E-state index is 12.2. The number of carbonyl (C=O) groups excluding carboxylic acids is 1. The normalized spacial score (nSPS) is 11.4. The first-order chi connectivity index (χ1) is 6.63. The molecule has 1 aromatic rings. The van der Waals surface area contributed by atoms with Crippen LogP contribution in [0.2, 0.25) is 0 Å². The van der Waals surface area contributed by atoms with E-state index in [0.717, 1.165) is 0 Å². The largest absolute Gasteiger partial charge is 0.427 e. The van der Waals surface area contributed by atoms with Crippen LogP contribution < -0.4 is 10.5 Å². The molecule has 0 unspecified atom stereocenters. The number of halogens is 2. The van der Waals surface area contributed by atoms with E-state index in [1.54, 1.807) is 24.3 Å². The van der Waals surface area contributed by atoms with Crippen LogP contribution >= 0.6 is 12.4 Å². The maximum Gasteiger partial charge on any atom is 0.308 e. The van der Waals surface area contributed by atoms with E-state index >= 15 is 0 Å². The van der Waals surface area contributed by atoms with Crippen LogP contribution in [0.1, 0.15) is 18.5 Å². The molecule has 0 bridgehead atoms. The van der Waals surface area contributed by atoms with Gasteiger partial charge < -0.3 is 10.5 Å². The second kappa shape index (κ2) is 6.37. The lowest BCUT2D eigenvalue weighted by atomic mass is 10.1. The number of alkyl halides is 1. The van der Waals surface area contributed by atoms with Crippen molar-refractivity contribution in [2.45, 2.75) is 13.0 Å². The van der Waals surface area contributed by atoms with Gasteiger partial charge in [0.15, 0.2) is 0 Å². The lowest BCUT2D eigenvalue weighted by Gasteiger charge is -2.08. The molecule has 0 fully saturated rings. The standard InChI is InChI=1S/C10H12FNO2.ClH/c1-7(13)14-9-4-2-3-8(5-9)10(12)6-11;/h2-5,10H,6,12H2,1H3;1H/t10-;/m0./s1. The Morgan fingerprint density at radius 2 is 2.27 bits per heavy atom. The first-order valence-electron chi connectivity index (χ1n) is 4.23. The summed E-state index contributed by atoms with van der Waals surface area (Å²) in [5.74, 6) is -0.0186. The summed E-state index contributed by atoms with van der Waals surface area (Å²) < 4.78 is 17.1. The van der Waals surface area contributed by atoms with Crippen LogP contribution in [0.3, 0.4) is 0 Å². The first-order valence-corrected chi connectivity index (χ1v) is 4.23. The molecule has 3 nitrogen and oxygen atoms in total. The van der Waals surface area contributed by atoms with Crippen molar-refractivity contribution in [3.8, 4) is 5.75 Å². The van der Waals surface area contributed by atoms with Crippen LogP contribution in [0.15, 0.2) is 24.3 Å². The molecule has 84 valence electrons. The molecule has 1 aromatic carbocycles. The Kier molecular flexibility index (Phi) is 5.89. The minimum atomic E-state index is -0.662. The number of ether oxygens (including phenoxy) is 1. The zero-order valence-corrected chi connectivity index (χ0v) is 9.09. The SMILES string of the molecule is CC(=O)Oc1cccc([C@@H](N)CF)c1.Cl. The second-order valence-corrected chi connectivity index (χ2v) is 2.93. The van der Waals surface area contributed by atoms with E-state index in [9.17, 15) is 9.18 Å². The summed E-state index contributed by atoms with van der Waals surface area (Å²) in [4.78, 5) is 10.6. The monoisotopic (exact) mass is 233 g/mol. The van der Waals surface area contributed by atoms with Crippen LogP contribution in [0.25, 0.3) is 0 Å². The average Bonchev–Trinajstić information content (AvgIpc) is 2.16. The minimum Gasteiger partial charge on any atom is -0.427 e. The molecule has 2 N–H and O–H groups in total. The van der Waals surface area contributed by atoms with Gasteiger partial charge in [-0.3, -0.25) is 4.79 Å². The zero-order valence-electron chi connectivity index (χ0n) is 8.27. The molecule has 0 saturated carbocycles. The van der Waals surface area contributed by atoms with E-state index in [-0.39, 0.29) is 12.4 Å². The van der Waals surface area contributed by atoms with Crippen LogP contribution in [-0.4, -0.2) is 12.6 Å². The molecular weight excluding hydrogens is 221 g/mol. The molecule has 0 aliphatic carbocycles. The van der Waals surface area contributed by atoms with E-state index in [4.69, 9.17) is 10.5 Å². The van der Waals surface area contributed by atoms with Crippen molar-refractivity contribution >= 4 is 18.4 Å². The van der Waals surface area contributed by atoms with E-state index in [0.29, 0.717) is 11.3 Å². The topological polar surface area (TPSA) is 52.3 Å². The summed E-state index contributed by atoms with van der Waals surface area (Å²) in [6.45, 7) is 0.672. The fraction of sp³-hybridized carbons (Fsp3) is 0.300. The van der Waals surface area contributed by atoms with E-state index < -0.39 is 18.7 Å². The van der Waals surface area contributed by atoms with Gasteiger partial charge in [0.25, 0.3) is 0 Å².